The normalized spacial score (nSPS) is 16.7. The Morgan fingerprint density at radius 2 is 1.70 bits per heavy atom. The summed E-state index contributed by atoms with van der Waals surface area (Å²) in [6.45, 7) is 0.515. The first kappa shape index (κ1) is 16.3. The van der Waals surface area contributed by atoms with Gasteiger partial charge in [-0.1, -0.05) is 40.2 Å². The molecular formula is C16H16BrNO4S. The standard InChI is InChI=1S/C16H16BrNO4S/c17-14-5-6-15(13-4-2-1-3-12(13)14)23(21,22)11-7-9-18(10-8-11)16(19)20/h1-6,11H,7-10H2,(H,19,20). The number of nitrogens with zero attached hydrogens (tertiary/aromatic N) is 1. The number of rotatable bonds is 2. The minimum Gasteiger partial charge on any atom is -0.465 e. The molecule has 0 bridgehead atoms. The highest BCUT2D eigenvalue weighted by atomic mass is 79.9. The predicted molar refractivity (Wildman–Crippen MR) is 91.5 cm³/mol. The second kappa shape index (κ2) is 6.13. The lowest BCUT2D eigenvalue weighted by Crippen LogP contribution is -2.41. The summed E-state index contributed by atoms with van der Waals surface area (Å²) in [6, 6.07) is 10.8. The number of likely N-dealkylation sites (tertiary alicyclic amines) is 1. The van der Waals surface area contributed by atoms with Gasteiger partial charge in [0.15, 0.2) is 9.84 Å². The number of piperidine rings is 1. The Balaban J connectivity index is 1.98. The van der Waals surface area contributed by atoms with Gasteiger partial charge < -0.3 is 10.0 Å². The van der Waals surface area contributed by atoms with Crippen LogP contribution in [-0.4, -0.2) is 42.9 Å². The molecule has 1 aliphatic rings. The summed E-state index contributed by atoms with van der Waals surface area (Å²) in [7, 11) is -3.49. The third-order valence-corrected chi connectivity index (χ3v) is 7.30. The topological polar surface area (TPSA) is 74.7 Å². The molecule has 2 aromatic carbocycles. The van der Waals surface area contributed by atoms with Crippen LogP contribution in [0.2, 0.25) is 0 Å². The highest BCUT2D eigenvalue weighted by Gasteiger charge is 2.33. The van der Waals surface area contributed by atoms with E-state index in [4.69, 9.17) is 5.11 Å². The molecule has 1 fully saturated rings. The van der Waals surface area contributed by atoms with Gasteiger partial charge in [-0.3, -0.25) is 0 Å². The summed E-state index contributed by atoms with van der Waals surface area (Å²) in [5.41, 5.74) is 0. The Morgan fingerprint density at radius 3 is 2.30 bits per heavy atom. The molecule has 1 N–H and O–H groups in total. The van der Waals surface area contributed by atoms with Crippen LogP contribution in [-0.2, 0) is 9.84 Å². The van der Waals surface area contributed by atoms with Crippen LogP contribution in [0, 0.1) is 0 Å². The van der Waals surface area contributed by atoms with Crippen molar-refractivity contribution >= 4 is 42.6 Å². The van der Waals surface area contributed by atoms with E-state index in [0.717, 1.165) is 9.86 Å². The summed E-state index contributed by atoms with van der Waals surface area (Å²) in [6.07, 6.45) is -0.326. The highest BCUT2D eigenvalue weighted by molar-refractivity contribution is 9.10. The van der Waals surface area contributed by atoms with Crippen molar-refractivity contribution in [3.63, 3.8) is 0 Å². The molecule has 5 nitrogen and oxygen atoms in total. The first-order chi connectivity index (χ1) is 10.9. The van der Waals surface area contributed by atoms with E-state index in [1.165, 1.54) is 4.90 Å². The number of amides is 1. The summed E-state index contributed by atoms with van der Waals surface area (Å²) in [5, 5.41) is 10.0. The van der Waals surface area contributed by atoms with Gasteiger partial charge in [0.05, 0.1) is 10.1 Å². The number of hydrogen-bond donors (Lipinski definition) is 1. The quantitative estimate of drug-likeness (QED) is 0.840. The maximum atomic E-state index is 13.0. The number of carbonyl (C=O) groups is 1. The zero-order chi connectivity index (χ0) is 16.6. The summed E-state index contributed by atoms with van der Waals surface area (Å²) < 4.78 is 26.9. The van der Waals surface area contributed by atoms with Gasteiger partial charge >= 0.3 is 6.09 Å². The van der Waals surface area contributed by atoms with Crippen molar-refractivity contribution in [2.75, 3.05) is 13.1 Å². The maximum absolute atomic E-state index is 13.0. The molecule has 2 aromatic rings. The fourth-order valence-electron chi connectivity index (χ4n) is 3.02. The van der Waals surface area contributed by atoms with Crippen LogP contribution in [0.15, 0.2) is 45.8 Å². The van der Waals surface area contributed by atoms with Crippen LogP contribution in [0.5, 0.6) is 0 Å². The van der Waals surface area contributed by atoms with E-state index in [1.807, 2.05) is 18.2 Å². The van der Waals surface area contributed by atoms with Gasteiger partial charge in [0.1, 0.15) is 0 Å². The minimum absolute atomic E-state index is 0.258. The molecule has 0 saturated carbocycles. The Labute approximate surface area is 143 Å². The van der Waals surface area contributed by atoms with Crippen LogP contribution in [0.4, 0.5) is 4.79 Å². The molecule has 1 saturated heterocycles. The lowest BCUT2D eigenvalue weighted by atomic mass is 10.1. The van der Waals surface area contributed by atoms with Crippen molar-refractivity contribution in [2.24, 2.45) is 0 Å². The fourth-order valence-corrected chi connectivity index (χ4v) is 5.43. The van der Waals surface area contributed by atoms with Crippen LogP contribution >= 0.6 is 15.9 Å². The monoisotopic (exact) mass is 397 g/mol. The van der Waals surface area contributed by atoms with Gasteiger partial charge in [-0.25, -0.2) is 13.2 Å². The third-order valence-electron chi connectivity index (χ3n) is 4.29. The Bertz CT molecular complexity index is 858. The largest absolute Gasteiger partial charge is 0.465 e. The van der Waals surface area contributed by atoms with Crippen molar-refractivity contribution < 1.29 is 18.3 Å². The van der Waals surface area contributed by atoms with Crippen LogP contribution in [0.25, 0.3) is 10.8 Å². The van der Waals surface area contributed by atoms with Crippen molar-refractivity contribution in [2.45, 2.75) is 23.0 Å². The number of halogens is 1. The van der Waals surface area contributed by atoms with Crippen LogP contribution in [0.1, 0.15) is 12.8 Å². The summed E-state index contributed by atoms with van der Waals surface area (Å²) in [5.74, 6) is 0. The van der Waals surface area contributed by atoms with Gasteiger partial charge in [0, 0.05) is 22.9 Å². The van der Waals surface area contributed by atoms with Gasteiger partial charge in [0.25, 0.3) is 0 Å². The molecule has 0 atom stereocenters. The van der Waals surface area contributed by atoms with Gasteiger partial charge in [-0.2, -0.15) is 0 Å². The second-order valence-electron chi connectivity index (χ2n) is 5.61. The molecule has 7 heteroatoms. The Morgan fingerprint density at radius 1 is 1.09 bits per heavy atom. The molecule has 122 valence electrons. The molecule has 23 heavy (non-hydrogen) atoms. The number of fused-ring (bicyclic) bond motifs is 1. The number of benzene rings is 2. The zero-order valence-corrected chi connectivity index (χ0v) is 14.7. The summed E-state index contributed by atoms with van der Waals surface area (Å²) >= 11 is 3.45. The van der Waals surface area contributed by atoms with E-state index >= 15 is 0 Å². The van der Waals surface area contributed by atoms with E-state index in [2.05, 4.69) is 15.9 Å². The molecule has 0 aliphatic carbocycles. The lowest BCUT2D eigenvalue weighted by molar-refractivity contribution is 0.136. The molecule has 0 radical (unpaired) electrons. The molecule has 0 aromatic heterocycles. The smallest absolute Gasteiger partial charge is 0.407 e. The van der Waals surface area contributed by atoms with Crippen molar-refractivity contribution in [3.05, 3.63) is 40.9 Å². The average molecular weight is 398 g/mol. The molecule has 0 spiro atoms. The molecular weight excluding hydrogens is 382 g/mol. The van der Waals surface area contributed by atoms with E-state index in [9.17, 15) is 13.2 Å². The summed E-state index contributed by atoms with van der Waals surface area (Å²) in [4.78, 5) is 12.6. The SMILES string of the molecule is O=C(O)N1CCC(S(=O)(=O)c2ccc(Br)c3ccccc23)CC1. The minimum atomic E-state index is -3.49. The fraction of sp³-hybridized carbons (Fsp3) is 0.312. The maximum Gasteiger partial charge on any atom is 0.407 e. The van der Waals surface area contributed by atoms with Gasteiger partial charge in [-0.05, 0) is 30.4 Å². The van der Waals surface area contributed by atoms with E-state index in [1.54, 1.807) is 18.2 Å². The van der Waals surface area contributed by atoms with E-state index < -0.39 is 21.2 Å². The Hall–Kier alpha value is -1.60. The molecule has 3 rings (SSSR count). The third kappa shape index (κ3) is 2.95. The molecule has 0 unspecified atom stereocenters. The van der Waals surface area contributed by atoms with E-state index in [-0.39, 0.29) is 13.1 Å². The van der Waals surface area contributed by atoms with Crippen molar-refractivity contribution in [1.82, 2.24) is 4.90 Å². The van der Waals surface area contributed by atoms with Crippen LogP contribution in [0.3, 0.4) is 0 Å². The van der Waals surface area contributed by atoms with Crippen molar-refractivity contribution in [3.8, 4) is 0 Å². The van der Waals surface area contributed by atoms with E-state index in [0.29, 0.717) is 23.1 Å². The predicted octanol–water partition coefficient (Wildman–Crippen LogP) is 3.52. The lowest BCUT2D eigenvalue weighted by Gasteiger charge is -2.30. The van der Waals surface area contributed by atoms with Crippen molar-refractivity contribution in [1.29, 1.82) is 0 Å². The number of carboxylic acid groups (broad SMARTS) is 1. The molecule has 1 heterocycles. The highest BCUT2D eigenvalue weighted by Crippen LogP contribution is 2.33. The zero-order valence-electron chi connectivity index (χ0n) is 12.3. The number of sulfone groups is 1. The molecule has 1 amide bonds. The average Bonchev–Trinajstić information content (AvgIpc) is 2.55. The van der Waals surface area contributed by atoms with Gasteiger partial charge in [-0.15, -0.1) is 0 Å². The first-order valence-electron chi connectivity index (χ1n) is 7.30. The first-order valence-corrected chi connectivity index (χ1v) is 9.64. The second-order valence-corrected chi connectivity index (χ2v) is 8.66. The number of hydrogen-bond acceptors (Lipinski definition) is 3. The van der Waals surface area contributed by atoms with Crippen LogP contribution < -0.4 is 0 Å². The van der Waals surface area contributed by atoms with Gasteiger partial charge in [0.2, 0.25) is 0 Å². The Kier molecular flexibility index (Phi) is 4.33. The molecule has 1 aliphatic heterocycles.